The second kappa shape index (κ2) is 3.88. The SMILES string of the molecule is CSc1ncc(Br)cc1C=O. The number of hydrogen-bond donors (Lipinski definition) is 0. The highest BCUT2D eigenvalue weighted by Crippen LogP contribution is 2.19. The molecule has 0 bridgehead atoms. The second-order valence-corrected chi connectivity index (χ2v) is 3.58. The van der Waals surface area contributed by atoms with Crippen LogP contribution in [0.15, 0.2) is 21.8 Å². The van der Waals surface area contributed by atoms with E-state index in [0.29, 0.717) is 5.56 Å². The van der Waals surface area contributed by atoms with Gasteiger partial charge in [0.2, 0.25) is 0 Å². The molecule has 0 aliphatic rings. The molecule has 58 valence electrons. The molecule has 0 spiro atoms. The van der Waals surface area contributed by atoms with Crippen LogP contribution < -0.4 is 0 Å². The average Bonchev–Trinajstić information content (AvgIpc) is 2.04. The zero-order valence-electron chi connectivity index (χ0n) is 5.87. The maximum atomic E-state index is 10.5. The highest BCUT2D eigenvalue weighted by molar-refractivity contribution is 9.10. The van der Waals surface area contributed by atoms with E-state index in [9.17, 15) is 4.79 Å². The van der Waals surface area contributed by atoms with Gasteiger partial charge in [0.15, 0.2) is 6.29 Å². The Labute approximate surface area is 77.5 Å². The monoisotopic (exact) mass is 231 g/mol. The Morgan fingerprint density at radius 3 is 3.00 bits per heavy atom. The van der Waals surface area contributed by atoms with Crippen molar-refractivity contribution in [2.45, 2.75) is 5.03 Å². The van der Waals surface area contributed by atoms with Crippen LogP contribution >= 0.6 is 27.7 Å². The van der Waals surface area contributed by atoms with Crippen molar-refractivity contribution in [3.05, 3.63) is 22.3 Å². The Kier molecular flexibility index (Phi) is 3.08. The summed E-state index contributed by atoms with van der Waals surface area (Å²) in [4.78, 5) is 14.5. The Bertz CT molecular complexity index is 277. The molecule has 0 aliphatic carbocycles. The van der Waals surface area contributed by atoms with Gasteiger partial charge in [0.25, 0.3) is 0 Å². The van der Waals surface area contributed by atoms with Gasteiger partial charge in [-0.3, -0.25) is 4.79 Å². The lowest BCUT2D eigenvalue weighted by Crippen LogP contribution is -1.88. The molecule has 0 saturated carbocycles. The lowest BCUT2D eigenvalue weighted by Gasteiger charge is -1.98. The van der Waals surface area contributed by atoms with Crippen molar-refractivity contribution in [1.29, 1.82) is 0 Å². The first-order chi connectivity index (χ1) is 5.27. The van der Waals surface area contributed by atoms with Gasteiger partial charge in [-0.05, 0) is 28.3 Å². The van der Waals surface area contributed by atoms with Crippen LogP contribution in [-0.2, 0) is 0 Å². The molecule has 0 saturated heterocycles. The third-order valence-electron chi connectivity index (χ3n) is 1.17. The average molecular weight is 232 g/mol. The van der Waals surface area contributed by atoms with E-state index in [1.54, 1.807) is 12.3 Å². The zero-order chi connectivity index (χ0) is 8.27. The number of pyridine rings is 1. The van der Waals surface area contributed by atoms with Crippen LogP contribution in [0.2, 0.25) is 0 Å². The summed E-state index contributed by atoms with van der Waals surface area (Å²) in [5.74, 6) is 0. The summed E-state index contributed by atoms with van der Waals surface area (Å²) in [5.41, 5.74) is 0.631. The Morgan fingerprint density at radius 2 is 2.45 bits per heavy atom. The number of nitrogens with zero attached hydrogens (tertiary/aromatic N) is 1. The van der Waals surface area contributed by atoms with E-state index in [4.69, 9.17) is 0 Å². The van der Waals surface area contributed by atoms with Crippen LogP contribution in [0.5, 0.6) is 0 Å². The van der Waals surface area contributed by atoms with Gasteiger partial charge in [0, 0.05) is 16.2 Å². The summed E-state index contributed by atoms with van der Waals surface area (Å²) in [7, 11) is 0. The summed E-state index contributed by atoms with van der Waals surface area (Å²) in [6.07, 6.45) is 4.38. The third-order valence-corrected chi connectivity index (χ3v) is 2.33. The first kappa shape index (κ1) is 8.74. The predicted octanol–water partition coefficient (Wildman–Crippen LogP) is 2.38. The molecule has 0 aromatic carbocycles. The van der Waals surface area contributed by atoms with Crippen LogP contribution in [0.25, 0.3) is 0 Å². The van der Waals surface area contributed by atoms with Crippen molar-refractivity contribution in [3.8, 4) is 0 Å². The molecule has 1 aromatic heterocycles. The van der Waals surface area contributed by atoms with E-state index in [2.05, 4.69) is 20.9 Å². The standard InChI is InChI=1S/C7H6BrNOS/c1-11-7-5(4-10)2-6(8)3-9-7/h2-4H,1H3. The van der Waals surface area contributed by atoms with Crippen molar-refractivity contribution in [2.24, 2.45) is 0 Å². The van der Waals surface area contributed by atoms with E-state index < -0.39 is 0 Å². The third kappa shape index (κ3) is 2.04. The van der Waals surface area contributed by atoms with Gasteiger partial charge in [0.1, 0.15) is 5.03 Å². The summed E-state index contributed by atoms with van der Waals surface area (Å²) < 4.78 is 0.831. The van der Waals surface area contributed by atoms with Gasteiger partial charge in [-0.25, -0.2) is 4.98 Å². The van der Waals surface area contributed by atoms with Crippen LogP contribution in [0.1, 0.15) is 10.4 Å². The number of carbonyl (C=O) groups excluding carboxylic acids is 1. The summed E-state index contributed by atoms with van der Waals surface area (Å²) >= 11 is 4.70. The number of hydrogen-bond acceptors (Lipinski definition) is 3. The second-order valence-electron chi connectivity index (χ2n) is 1.87. The summed E-state index contributed by atoms with van der Waals surface area (Å²) in [5, 5.41) is 0.767. The predicted molar refractivity (Wildman–Crippen MR) is 49.1 cm³/mol. The van der Waals surface area contributed by atoms with E-state index in [0.717, 1.165) is 15.8 Å². The topological polar surface area (TPSA) is 30.0 Å². The molecule has 0 amide bonds. The maximum absolute atomic E-state index is 10.5. The van der Waals surface area contributed by atoms with Crippen LogP contribution in [-0.4, -0.2) is 17.5 Å². The normalized spacial score (nSPS) is 9.64. The van der Waals surface area contributed by atoms with Crippen molar-refractivity contribution in [1.82, 2.24) is 4.98 Å². The Morgan fingerprint density at radius 1 is 1.73 bits per heavy atom. The van der Waals surface area contributed by atoms with E-state index in [-0.39, 0.29) is 0 Å². The number of aldehydes is 1. The van der Waals surface area contributed by atoms with Crippen molar-refractivity contribution in [2.75, 3.05) is 6.26 Å². The number of rotatable bonds is 2. The molecule has 1 rings (SSSR count). The summed E-state index contributed by atoms with van der Waals surface area (Å²) in [6.45, 7) is 0. The molecular formula is C7H6BrNOS. The minimum atomic E-state index is 0.631. The fourth-order valence-corrected chi connectivity index (χ4v) is 1.55. The van der Waals surface area contributed by atoms with Crippen molar-refractivity contribution in [3.63, 3.8) is 0 Å². The van der Waals surface area contributed by atoms with E-state index >= 15 is 0 Å². The minimum Gasteiger partial charge on any atom is -0.298 e. The Hall–Kier alpha value is -0.350. The highest BCUT2D eigenvalue weighted by Gasteiger charge is 2.01. The smallest absolute Gasteiger partial charge is 0.152 e. The molecule has 4 heteroatoms. The first-order valence-electron chi connectivity index (χ1n) is 2.92. The molecule has 0 aliphatic heterocycles. The van der Waals surface area contributed by atoms with Gasteiger partial charge < -0.3 is 0 Å². The van der Waals surface area contributed by atoms with Gasteiger partial charge in [0.05, 0.1) is 0 Å². The molecule has 2 nitrogen and oxygen atoms in total. The number of carbonyl (C=O) groups is 1. The Balaban J connectivity index is 3.16. The first-order valence-corrected chi connectivity index (χ1v) is 4.94. The molecule has 0 fully saturated rings. The van der Waals surface area contributed by atoms with E-state index in [1.165, 1.54) is 11.8 Å². The van der Waals surface area contributed by atoms with Gasteiger partial charge >= 0.3 is 0 Å². The lowest BCUT2D eigenvalue weighted by molar-refractivity contribution is 0.112. The van der Waals surface area contributed by atoms with E-state index in [1.807, 2.05) is 6.26 Å². The highest BCUT2D eigenvalue weighted by atomic mass is 79.9. The fourth-order valence-electron chi connectivity index (χ4n) is 0.697. The number of halogens is 1. The van der Waals surface area contributed by atoms with Gasteiger partial charge in [-0.1, -0.05) is 0 Å². The number of aromatic nitrogens is 1. The zero-order valence-corrected chi connectivity index (χ0v) is 8.28. The largest absolute Gasteiger partial charge is 0.298 e. The van der Waals surface area contributed by atoms with Crippen molar-refractivity contribution >= 4 is 34.0 Å². The van der Waals surface area contributed by atoms with Crippen molar-refractivity contribution < 1.29 is 4.79 Å². The van der Waals surface area contributed by atoms with Gasteiger partial charge in [-0.2, -0.15) is 0 Å². The van der Waals surface area contributed by atoms with Crippen LogP contribution in [0, 0.1) is 0 Å². The van der Waals surface area contributed by atoms with Crippen LogP contribution in [0.4, 0.5) is 0 Å². The number of thioether (sulfide) groups is 1. The fraction of sp³-hybridized carbons (Fsp3) is 0.143. The van der Waals surface area contributed by atoms with Gasteiger partial charge in [-0.15, -0.1) is 11.8 Å². The molecule has 0 N–H and O–H groups in total. The molecule has 0 atom stereocenters. The summed E-state index contributed by atoms with van der Waals surface area (Å²) in [6, 6.07) is 1.76. The molecule has 0 unspecified atom stereocenters. The minimum absolute atomic E-state index is 0.631. The van der Waals surface area contributed by atoms with Crippen LogP contribution in [0.3, 0.4) is 0 Å². The quantitative estimate of drug-likeness (QED) is 0.579. The molecule has 0 radical (unpaired) electrons. The molecule has 1 aromatic rings. The lowest BCUT2D eigenvalue weighted by atomic mass is 10.3. The molecular weight excluding hydrogens is 226 g/mol. The maximum Gasteiger partial charge on any atom is 0.152 e. The molecule has 1 heterocycles. The molecule has 11 heavy (non-hydrogen) atoms.